The van der Waals surface area contributed by atoms with Gasteiger partial charge in [-0.25, -0.2) is 0 Å². The van der Waals surface area contributed by atoms with Crippen LogP contribution in [0, 0.1) is 0 Å². The molecule has 6 heteroatoms. The minimum Gasteiger partial charge on any atom is -0.406 e. The number of fused-ring (bicyclic) bond motifs is 1. The van der Waals surface area contributed by atoms with E-state index in [4.69, 9.17) is 0 Å². The van der Waals surface area contributed by atoms with Gasteiger partial charge in [-0.15, -0.1) is 13.2 Å². The average Bonchev–Trinajstić information content (AvgIpc) is 2.50. The van der Waals surface area contributed by atoms with Crippen molar-refractivity contribution in [3.05, 3.63) is 69.2 Å². The molecule has 0 aromatic heterocycles. The molecule has 0 amide bonds. The molecule has 0 fully saturated rings. The number of hydrogen-bond acceptors (Lipinski definition) is 2. The highest BCUT2D eigenvalue weighted by Crippen LogP contribution is 2.29. The van der Waals surface area contributed by atoms with Gasteiger partial charge >= 0.3 is 6.36 Å². The molecule has 0 saturated carbocycles. The summed E-state index contributed by atoms with van der Waals surface area (Å²) in [6.45, 7) is 0. The molecule has 0 N–H and O–H groups in total. The number of carbonyl (C=O) groups is 1. The lowest BCUT2D eigenvalue weighted by Gasteiger charge is -2.17. The van der Waals surface area contributed by atoms with Crippen molar-refractivity contribution in [1.82, 2.24) is 0 Å². The van der Waals surface area contributed by atoms with Crippen LogP contribution in [-0.4, -0.2) is 12.1 Å². The first-order valence-corrected chi connectivity index (χ1v) is 8.01. The number of ketones is 1. The Morgan fingerprint density at radius 3 is 2.42 bits per heavy atom. The Hall–Kier alpha value is -2.08. The van der Waals surface area contributed by atoms with Crippen LogP contribution < -0.4 is 4.74 Å². The number of halogens is 4. The monoisotopic (exact) mass is 396 g/mol. The summed E-state index contributed by atoms with van der Waals surface area (Å²) in [6.07, 6.45) is -1.65. The van der Waals surface area contributed by atoms with E-state index in [0.717, 1.165) is 16.5 Å². The molecular weight excluding hydrogens is 385 g/mol. The van der Waals surface area contributed by atoms with Crippen LogP contribution in [0.15, 0.2) is 52.5 Å². The second kappa shape index (κ2) is 6.43. The fourth-order valence-corrected chi connectivity index (χ4v) is 3.06. The first kappa shape index (κ1) is 16.8. The van der Waals surface area contributed by atoms with E-state index >= 15 is 0 Å². The standard InChI is InChI=1S/C18H12BrF3O2/c19-14-5-8-16-12(10-14)3-4-13(17(16)23)9-11-1-6-15(7-2-11)24-18(20,21)22/h1-2,5-10H,3-4H2. The van der Waals surface area contributed by atoms with Crippen molar-refractivity contribution in [3.63, 3.8) is 0 Å². The molecule has 124 valence electrons. The van der Waals surface area contributed by atoms with E-state index in [1.807, 2.05) is 12.1 Å². The summed E-state index contributed by atoms with van der Waals surface area (Å²) in [7, 11) is 0. The molecule has 0 bridgehead atoms. The Bertz CT molecular complexity index is 808. The van der Waals surface area contributed by atoms with Crippen molar-refractivity contribution in [1.29, 1.82) is 0 Å². The van der Waals surface area contributed by atoms with Crippen molar-refractivity contribution in [2.75, 3.05) is 0 Å². The Kier molecular flexibility index (Phi) is 4.49. The highest BCUT2D eigenvalue weighted by molar-refractivity contribution is 9.10. The predicted molar refractivity (Wildman–Crippen MR) is 87.9 cm³/mol. The maximum atomic E-state index is 12.5. The fraction of sp³-hybridized carbons (Fsp3) is 0.167. The zero-order valence-electron chi connectivity index (χ0n) is 12.4. The summed E-state index contributed by atoms with van der Waals surface area (Å²) in [5.74, 6) is -0.325. The second-order valence-electron chi connectivity index (χ2n) is 5.42. The van der Waals surface area contributed by atoms with Gasteiger partial charge in [-0.05, 0) is 60.4 Å². The van der Waals surface area contributed by atoms with Gasteiger partial charge in [-0.1, -0.05) is 28.1 Å². The Morgan fingerprint density at radius 2 is 1.75 bits per heavy atom. The summed E-state index contributed by atoms with van der Waals surface area (Å²) in [6, 6.07) is 11.0. The molecule has 0 heterocycles. The zero-order valence-corrected chi connectivity index (χ0v) is 13.9. The van der Waals surface area contributed by atoms with Gasteiger partial charge in [0.05, 0.1) is 0 Å². The third kappa shape index (κ3) is 3.87. The largest absolute Gasteiger partial charge is 0.573 e. The smallest absolute Gasteiger partial charge is 0.406 e. The number of benzene rings is 2. The molecule has 0 radical (unpaired) electrons. The third-order valence-electron chi connectivity index (χ3n) is 3.72. The van der Waals surface area contributed by atoms with E-state index in [0.29, 0.717) is 23.1 Å². The fourth-order valence-electron chi connectivity index (χ4n) is 2.65. The number of carbonyl (C=O) groups excluding carboxylic acids is 1. The molecule has 24 heavy (non-hydrogen) atoms. The molecule has 0 spiro atoms. The molecule has 3 rings (SSSR count). The van der Waals surface area contributed by atoms with Crippen LogP contribution in [0.1, 0.15) is 27.9 Å². The lowest BCUT2D eigenvalue weighted by atomic mass is 9.86. The summed E-state index contributed by atoms with van der Waals surface area (Å²) in [5.41, 5.74) is 2.98. The van der Waals surface area contributed by atoms with Crippen LogP contribution in [0.4, 0.5) is 13.2 Å². The van der Waals surface area contributed by atoms with Crippen molar-refractivity contribution in [2.45, 2.75) is 19.2 Å². The summed E-state index contributed by atoms with van der Waals surface area (Å²) in [4.78, 5) is 12.5. The lowest BCUT2D eigenvalue weighted by molar-refractivity contribution is -0.274. The first-order chi connectivity index (χ1) is 11.3. The van der Waals surface area contributed by atoms with E-state index in [9.17, 15) is 18.0 Å². The normalized spacial score (nSPS) is 16.2. The van der Waals surface area contributed by atoms with Gasteiger partial charge in [-0.2, -0.15) is 0 Å². The molecule has 2 nitrogen and oxygen atoms in total. The van der Waals surface area contributed by atoms with Crippen LogP contribution in [-0.2, 0) is 6.42 Å². The highest BCUT2D eigenvalue weighted by atomic mass is 79.9. The van der Waals surface area contributed by atoms with Crippen molar-refractivity contribution < 1.29 is 22.7 Å². The first-order valence-electron chi connectivity index (χ1n) is 7.21. The van der Waals surface area contributed by atoms with Crippen molar-refractivity contribution in [2.24, 2.45) is 0 Å². The van der Waals surface area contributed by atoms with Gasteiger partial charge in [0, 0.05) is 15.6 Å². The third-order valence-corrected chi connectivity index (χ3v) is 4.22. The van der Waals surface area contributed by atoms with Crippen LogP contribution in [0.5, 0.6) is 5.75 Å². The lowest BCUT2D eigenvalue weighted by Crippen LogP contribution is -2.17. The number of Topliss-reactive ketones (excluding diaryl/α,β-unsaturated/α-hetero) is 1. The molecule has 1 aliphatic carbocycles. The Morgan fingerprint density at radius 1 is 1.04 bits per heavy atom. The number of alkyl halides is 3. The van der Waals surface area contributed by atoms with Crippen LogP contribution in [0.2, 0.25) is 0 Å². The van der Waals surface area contributed by atoms with Crippen LogP contribution >= 0.6 is 15.9 Å². The quantitative estimate of drug-likeness (QED) is 0.621. The molecule has 0 saturated heterocycles. The average molecular weight is 397 g/mol. The van der Waals surface area contributed by atoms with Gasteiger partial charge in [0.2, 0.25) is 0 Å². The molecule has 1 aliphatic rings. The summed E-state index contributed by atoms with van der Waals surface area (Å²) >= 11 is 3.39. The van der Waals surface area contributed by atoms with E-state index in [1.165, 1.54) is 24.3 Å². The predicted octanol–water partition coefficient (Wildman–Crippen LogP) is 5.56. The summed E-state index contributed by atoms with van der Waals surface area (Å²) in [5, 5.41) is 0. The Balaban J connectivity index is 1.82. The van der Waals surface area contributed by atoms with Crippen molar-refractivity contribution in [3.8, 4) is 5.75 Å². The van der Waals surface area contributed by atoms with E-state index in [-0.39, 0.29) is 11.5 Å². The Labute approximate surface area is 145 Å². The number of ether oxygens (including phenoxy) is 1. The maximum absolute atomic E-state index is 12.5. The molecule has 0 aliphatic heterocycles. The molecule has 0 unspecified atom stereocenters. The van der Waals surface area contributed by atoms with Gasteiger partial charge in [0.25, 0.3) is 0 Å². The minimum atomic E-state index is -4.71. The number of aryl methyl sites for hydroxylation is 1. The number of rotatable bonds is 2. The van der Waals surface area contributed by atoms with Crippen molar-refractivity contribution >= 4 is 27.8 Å². The molecule has 2 aromatic rings. The highest BCUT2D eigenvalue weighted by Gasteiger charge is 2.31. The zero-order chi connectivity index (χ0) is 17.3. The SMILES string of the molecule is O=C1C(=Cc2ccc(OC(F)(F)F)cc2)CCc2cc(Br)ccc21. The van der Waals surface area contributed by atoms with Gasteiger partial charge in [0.15, 0.2) is 5.78 Å². The number of hydrogen-bond donors (Lipinski definition) is 0. The molecule has 0 atom stereocenters. The second-order valence-corrected chi connectivity index (χ2v) is 6.33. The van der Waals surface area contributed by atoms with Crippen LogP contribution in [0.3, 0.4) is 0 Å². The summed E-state index contributed by atoms with van der Waals surface area (Å²) < 4.78 is 41.2. The van der Waals surface area contributed by atoms with Gasteiger partial charge in [0.1, 0.15) is 5.75 Å². The topological polar surface area (TPSA) is 26.3 Å². The van der Waals surface area contributed by atoms with Gasteiger partial charge in [-0.3, -0.25) is 4.79 Å². The maximum Gasteiger partial charge on any atom is 0.573 e. The number of allylic oxidation sites excluding steroid dienone is 1. The molecule has 2 aromatic carbocycles. The molecular formula is C18H12BrF3O2. The van der Waals surface area contributed by atoms with E-state index in [1.54, 1.807) is 12.1 Å². The van der Waals surface area contributed by atoms with E-state index in [2.05, 4.69) is 20.7 Å². The minimum absolute atomic E-state index is 0.0423. The van der Waals surface area contributed by atoms with E-state index < -0.39 is 6.36 Å². The van der Waals surface area contributed by atoms with Gasteiger partial charge < -0.3 is 4.74 Å². The van der Waals surface area contributed by atoms with Crippen LogP contribution in [0.25, 0.3) is 6.08 Å².